The number of H-pyrrole nitrogens is 2. The zero-order valence-electron chi connectivity index (χ0n) is 14.6. The average molecular weight is 416 g/mol. The first-order valence-electron chi connectivity index (χ1n) is 8.12. The molecular weight excluding hydrogens is 395 g/mol. The number of esters is 1. The summed E-state index contributed by atoms with van der Waals surface area (Å²) in [6, 6.07) is 7.43. The van der Waals surface area contributed by atoms with Crippen LogP contribution in [0.4, 0.5) is 0 Å². The van der Waals surface area contributed by atoms with Crippen molar-refractivity contribution in [2.45, 2.75) is 25.7 Å². The first-order chi connectivity index (χ1) is 13.3. The lowest BCUT2D eigenvalue weighted by Crippen LogP contribution is -2.15. The van der Waals surface area contributed by atoms with Gasteiger partial charge >= 0.3 is 13.8 Å². The van der Waals surface area contributed by atoms with Crippen molar-refractivity contribution in [1.29, 1.82) is 0 Å². The number of nitrogens with one attached hydrogen (secondary N) is 2. The molecule has 3 rings (SSSR count). The van der Waals surface area contributed by atoms with Gasteiger partial charge in [-0.2, -0.15) is 0 Å². The second-order valence-corrected chi connectivity index (χ2v) is 6.61. The predicted molar refractivity (Wildman–Crippen MR) is 94.0 cm³/mol. The molecule has 0 radical (unpaired) electrons. The Labute approximate surface area is 159 Å². The second-order valence-electron chi connectivity index (χ2n) is 5.58. The number of phosphoric acid groups is 1. The summed E-state index contributed by atoms with van der Waals surface area (Å²) in [6.45, 7) is 0.353. The molecule has 2 aromatic heterocycles. The molecule has 0 saturated carbocycles. The number of cyclic esters (lactones) is 1. The van der Waals surface area contributed by atoms with Crippen LogP contribution in [0.2, 0.25) is 0 Å². The lowest BCUT2D eigenvalue weighted by atomic mass is 10.2. The molecule has 1 aliphatic rings. The van der Waals surface area contributed by atoms with Crippen molar-refractivity contribution in [3.63, 3.8) is 0 Å². The molecule has 1 unspecified atom stereocenters. The number of carbonyl (C=O) groups is 1. The largest absolute Gasteiger partial charge is 0.484 e. The van der Waals surface area contributed by atoms with E-state index in [-0.39, 0.29) is 32.0 Å². The van der Waals surface area contributed by atoms with Crippen LogP contribution < -0.4 is 0 Å². The Bertz CT molecular complexity index is 803. The zero-order valence-corrected chi connectivity index (χ0v) is 15.5. The van der Waals surface area contributed by atoms with Crippen LogP contribution in [-0.2, 0) is 36.8 Å². The van der Waals surface area contributed by atoms with E-state index in [0.29, 0.717) is 5.76 Å². The van der Waals surface area contributed by atoms with E-state index in [1.807, 2.05) is 24.3 Å². The fourth-order valence-electron chi connectivity index (χ4n) is 2.30. The number of carbonyl (C=O) groups excluding carboxylic acids is 1. The Hall–Kier alpha value is -2.56. The summed E-state index contributed by atoms with van der Waals surface area (Å²) in [5, 5.41) is 9.13. The second kappa shape index (κ2) is 10.1. The summed E-state index contributed by atoms with van der Waals surface area (Å²) in [4.78, 5) is 39.6. The van der Waals surface area contributed by atoms with Gasteiger partial charge in [0, 0.05) is 25.4 Å². The molecular formula is C16H21N2O9P. The van der Waals surface area contributed by atoms with Gasteiger partial charge in [-0.05, 0) is 24.3 Å². The molecule has 154 valence electrons. The van der Waals surface area contributed by atoms with Gasteiger partial charge in [-0.15, -0.1) is 0 Å². The van der Waals surface area contributed by atoms with Gasteiger partial charge < -0.3 is 44.0 Å². The SMILES string of the molecule is O=C1OC(CCO)C(OCc2ccc[nH]2)=C1OCc1ccc[nH]1.O=P(O)(O)O. The van der Waals surface area contributed by atoms with Crippen LogP contribution in [0.25, 0.3) is 0 Å². The molecule has 0 aliphatic carbocycles. The van der Waals surface area contributed by atoms with E-state index in [9.17, 15) is 4.79 Å². The molecule has 28 heavy (non-hydrogen) atoms. The maximum Gasteiger partial charge on any atom is 0.466 e. The highest BCUT2D eigenvalue weighted by Crippen LogP contribution is 2.28. The summed E-state index contributed by atoms with van der Waals surface area (Å²) in [5.74, 6) is -0.189. The van der Waals surface area contributed by atoms with Crippen molar-refractivity contribution in [3.05, 3.63) is 59.6 Å². The summed E-state index contributed by atoms with van der Waals surface area (Å²) < 4.78 is 25.4. The third-order valence-electron chi connectivity index (χ3n) is 3.42. The number of hydrogen-bond donors (Lipinski definition) is 6. The number of hydrogen-bond acceptors (Lipinski definition) is 6. The van der Waals surface area contributed by atoms with Crippen LogP contribution in [-0.4, -0.2) is 48.4 Å². The summed E-state index contributed by atoms with van der Waals surface area (Å²) >= 11 is 0. The van der Waals surface area contributed by atoms with E-state index in [0.717, 1.165) is 11.4 Å². The fourth-order valence-corrected chi connectivity index (χ4v) is 2.30. The minimum Gasteiger partial charge on any atom is -0.484 e. The van der Waals surface area contributed by atoms with E-state index in [2.05, 4.69) is 9.97 Å². The third-order valence-corrected chi connectivity index (χ3v) is 3.42. The molecule has 3 heterocycles. The van der Waals surface area contributed by atoms with Crippen LogP contribution in [0.1, 0.15) is 17.8 Å². The van der Waals surface area contributed by atoms with Crippen LogP contribution in [0, 0.1) is 0 Å². The topological polar surface area (TPSA) is 174 Å². The van der Waals surface area contributed by atoms with Crippen LogP contribution in [0.5, 0.6) is 0 Å². The first kappa shape index (κ1) is 21.7. The monoisotopic (exact) mass is 416 g/mol. The van der Waals surface area contributed by atoms with Gasteiger partial charge in [-0.1, -0.05) is 0 Å². The van der Waals surface area contributed by atoms with Crippen molar-refractivity contribution in [2.24, 2.45) is 0 Å². The highest BCUT2D eigenvalue weighted by Gasteiger charge is 2.37. The minimum absolute atomic E-state index is 0.0598. The van der Waals surface area contributed by atoms with Gasteiger partial charge in [0.2, 0.25) is 5.76 Å². The van der Waals surface area contributed by atoms with E-state index < -0.39 is 19.9 Å². The quantitative estimate of drug-likeness (QED) is 0.267. The molecule has 11 nitrogen and oxygen atoms in total. The zero-order chi connectivity index (χ0) is 20.6. The van der Waals surface area contributed by atoms with E-state index >= 15 is 0 Å². The molecule has 12 heteroatoms. The average Bonchev–Trinajstić information content (AvgIpc) is 3.32. The Morgan fingerprint density at radius 2 is 1.57 bits per heavy atom. The number of rotatable bonds is 8. The number of aromatic nitrogens is 2. The van der Waals surface area contributed by atoms with E-state index in [1.165, 1.54) is 0 Å². The van der Waals surface area contributed by atoms with E-state index in [1.54, 1.807) is 12.4 Å². The van der Waals surface area contributed by atoms with Crippen molar-refractivity contribution in [3.8, 4) is 0 Å². The molecule has 0 saturated heterocycles. The smallest absolute Gasteiger partial charge is 0.466 e. The molecule has 0 fully saturated rings. The minimum atomic E-state index is -4.64. The van der Waals surface area contributed by atoms with Crippen LogP contribution in [0.3, 0.4) is 0 Å². The standard InChI is InChI=1S/C16H18N2O5.H3O4P/c19-8-5-13-14(21-9-11-3-1-6-17-11)15(16(20)23-13)22-10-12-4-2-7-18-12;1-5(2,3)4/h1-4,6-7,13,17-19H,5,8-10H2;(H3,1,2,3,4). The van der Waals surface area contributed by atoms with Crippen molar-refractivity contribution in [1.82, 2.24) is 9.97 Å². The third kappa shape index (κ3) is 7.22. The molecule has 0 bridgehead atoms. The maximum absolute atomic E-state index is 12.0. The van der Waals surface area contributed by atoms with Gasteiger partial charge in [-0.25, -0.2) is 9.36 Å². The molecule has 0 aromatic carbocycles. The highest BCUT2D eigenvalue weighted by atomic mass is 31.2. The van der Waals surface area contributed by atoms with Gasteiger partial charge in [0.25, 0.3) is 0 Å². The van der Waals surface area contributed by atoms with Crippen molar-refractivity contribution in [2.75, 3.05) is 6.61 Å². The Kier molecular flexibility index (Phi) is 7.85. The number of ether oxygens (including phenoxy) is 3. The Balaban J connectivity index is 0.000000500. The predicted octanol–water partition coefficient (Wildman–Crippen LogP) is 0.667. The van der Waals surface area contributed by atoms with Gasteiger partial charge in [-0.3, -0.25) is 0 Å². The fraction of sp³-hybridized carbons (Fsp3) is 0.312. The lowest BCUT2D eigenvalue weighted by molar-refractivity contribution is -0.143. The van der Waals surface area contributed by atoms with E-state index in [4.69, 9.17) is 38.6 Å². The van der Waals surface area contributed by atoms with Crippen LogP contribution in [0.15, 0.2) is 48.2 Å². The first-order valence-corrected chi connectivity index (χ1v) is 9.69. The molecule has 6 N–H and O–H groups in total. The van der Waals surface area contributed by atoms with Gasteiger partial charge in [0.05, 0.1) is 11.4 Å². The van der Waals surface area contributed by atoms with Crippen molar-refractivity contribution < 1.29 is 43.4 Å². The van der Waals surface area contributed by atoms with Gasteiger partial charge in [0.1, 0.15) is 13.2 Å². The summed E-state index contributed by atoms with van der Waals surface area (Å²) in [5.41, 5.74) is 1.70. The number of aliphatic hydroxyl groups is 1. The highest BCUT2D eigenvalue weighted by molar-refractivity contribution is 7.45. The number of aliphatic hydroxyl groups excluding tert-OH is 1. The Morgan fingerprint density at radius 1 is 1.04 bits per heavy atom. The molecule has 1 atom stereocenters. The van der Waals surface area contributed by atoms with Gasteiger partial charge in [0.15, 0.2) is 11.9 Å². The molecule has 0 spiro atoms. The molecule has 1 aliphatic heterocycles. The maximum atomic E-state index is 12.0. The summed E-state index contributed by atoms with van der Waals surface area (Å²) in [6.07, 6.45) is 3.21. The number of aromatic amines is 2. The molecule has 0 amide bonds. The molecule has 2 aromatic rings. The summed E-state index contributed by atoms with van der Waals surface area (Å²) in [7, 11) is -4.64. The van der Waals surface area contributed by atoms with Crippen molar-refractivity contribution >= 4 is 13.8 Å². The Morgan fingerprint density at radius 3 is 2.04 bits per heavy atom. The van der Waals surface area contributed by atoms with Crippen LogP contribution >= 0.6 is 7.82 Å². The normalized spacial score (nSPS) is 16.4. The lowest BCUT2D eigenvalue weighted by Gasteiger charge is -2.13.